The molecule has 3 aromatic rings. The van der Waals surface area contributed by atoms with Crippen molar-refractivity contribution in [1.29, 1.82) is 0 Å². The molecule has 31 heavy (non-hydrogen) atoms. The molecule has 0 saturated carbocycles. The van der Waals surface area contributed by atoms with E-state index in [1.54, 1.807) is 30.5 Å². The van der Waals surface area contributed by atoms with E-state index < -0.39 is 11.9 Å². The maximum Gasteiger partial charge on any atom is 0.259 e. The van der Waals surface area contributed by atoms with Crippen LogP contribution in [0, 0.1) is 5.92 Å². The van der Waals surface area contributed by atoms with Crippen molar-refractivity contribution in [1.82, 2.24) is 4.57 Å². The van der Waals surface area contributed by atoms with E-state index in [9.17, 15) is 14.4 Å². The van der Waals surface area contributed by atoms with Gasteiger partial charge in [-0.3, -0.25) is 14.4 Å². The van der Waals surface area contributed by atoms with E-state index in [0.717, 1.165) is 11.1 Å². The first-order valence-corrected chi connectivity index (χ1v) is 10.7. The van der Waals surface area contributed by atoms with E-state index in [2.05, 4.69) is 5.32 Å². The Bertz CT molecular complexity index is 1170. The lowest BCUT2D eigenvalue weighted by molar-refractivity contribution is -0.122. The Balaban J connectivity index is 1.94. The molecule has 0 bridgehead atoms. The first-order valence-electron chi connectivity index (χ1n) is 10.1. The summed E-state index contributed by atoms with van der Waals surface area (Å²) in [4.78, 5) is 37.8. The molecule has 0 radical (unpaired) electrons. The van der Waals surface area contributed by atoms with Crippen molar-refractivity contribution in [3.05, 3.63) is 76.2 Å². The predicted octanol–water partition coefficient (Wildman–Crippen LogP) is 4.16. The highest BCUT2D eigenvalue weighted by Crippen LogP contribution is 2.25. The summed E-state index contributed by atoms with van der Waals surface area (Å²) in [5, 5.41) is 3.94. The van der Waals surface area contributed by atoms with Gasteiger partial charge in [0.2, 0.25) is 11.8 Å². The summed E-state index contributed by atoms with van der Waals surface area (Å²) in [6, 6.07) is 13.7. The number of nitrogens with two attached hydrogens (primary N) is 1. The third-order valence-electron chi connectivity index (χ3n) is 5.48. The van der Waals surface area contributed by atoms with Gasteiger partial charge in [0.15, 0.2) is 0 Å². The molecule has 0 unspecified atom stereocenters. The van der Waals surface area contributed by atoms with E-state index >= 15 is 0 Å². The SMILES string of the molecule is CC(C)[C@H](C(N)=O)n1ccc2c(NC(=O)[C@@H](C)c3ccc(CCl)cc3)cccc2c1=O. The van der Waals surface area contributed by atoms with Crippen molar-refractivity contribution < 1.29 is 9.59 Å². The zero-order chi connectivity index (χ0) is 22.7. The quantitative estimate of drug-likeness (QED) is 0.541. The second kappa shape index (κ2) is 9.35. The van der Waals surface area contributed by atoms with Crippen LogP contribution in [0.2, 0.25) is 0 Å². The minimum Gasteiger partial charge on any atom is -0.368 e. The number of alkyl halides is 1. The summed E-state index contributed by atoms with van der Waals surface area (Å²) in [7, 11) is 0. The Morgan fingerprint density at radius 3 is 2.29 bits per heavy atom. The zero-order valence-electron chi connectivity index (χ0n) is 17.8. The van der Waals surface area contributed by atoms with Crippen LogP contribution in [-0.2, 0) is 15.5 Å². The van der Waals surface area contributed by atoms with Crippen LogP contribution in [0.5, 0.6) is 0 Å². The number of nitrogens with zero attached hydrogens (tertiary/aromatic N) is 1. The van der Waals surface area contributed by atoms with Gasteiger partial charge < -0.3 is 15.6 Å². The summed E-state index contributed by atoms with van der Waals surface area (Å²) in [5.41, 5.74) is 7.59. The molecule has 2 aromatic carbocycles. The number of fused-ring (bicyclic) bond motifs is 1. The molecule has 1 aromatic heterocycles. The van der Waals surface area contributed by atoms with Crippen molar-refractivity contribution in [3.63, 3.8) is 0 Å². The maximum atomic E-state index is 13.1. The van der Waals surface area contributed by atoms with Crippen LogP contribution in [0.15, 0.2) is 59.5 Å². The molecular weight excluding hydrogens is 414 g/mol. The zero-order valence-corrected chi connectivity index (χ0v) is 18.5. The van der Waals surface area contributed by atoms with E-state index in [1.165, 1.54) is 4.57 Å². The standard InChI is InChI=1S/C24H26ClN3O3/c1-14(2)21(22(26)29)28-12-11-18-19(24(28)31)5-4-6-20(18)27-23(30)15(3)17-9-7-16(13-25)8-10-17/h4-12,14-15,21H,13H2,1-3H3,(H2,26,29)(H,27,30)/t15-,21+/m0/s1. The monoisotopic (exact) mass is 439 g/mol. The minimum absolute atomic E-state index is 0.137. The van der Waals surface area contributed by atoms with Gasteiger partial charge in [-0.05, 0) is 42.2 Å². The molecule has 0 aliphatic heterocycles. The van der Waals surface area contributed by atoms with Crippen LogP contribution in [0.3, 0.4) is 0 Å². The highest BCUT2D eigenvalue weighted by Gasteiger charge is 2.24. The van der Waals surface area contributed by atoms with Gasteiger partial charge in [-0.2, -0.15) is 0 Å². The van der Waals surface area contributed by atoms with E-state index in [0.29, 0.717) is 22.3 Å². The summed E-state index contributed by atoms with van der Waals surface area (Å²) in [5.74, 6) is -0.855. The fourth-order valence-electron chi connectivity index (χ4n) is 3.70. The summed E-state index contributed by atoms with van der Waals surface area (Å²) < 4.78 is 1.36. The first kappa shape index (κ1) is 22.6. The Kier molecular flexibility index (Phi) is 6.81. The molecule has 3 N–H and O–H groups in total. The number of anilines is 1. The number of carbonyl (C=O) groups excluding carboxylic acids is 2. The number of nitrogens with one attached hydrogen (secondary N) is 1. The molecule has 7 heteroatoms. The van der Waals surface area contributed by atoms with Crippen LogP contribution < -0.4 is 16.6 Å². The van der Waals surface area contributed by atoms with Crippen molar-refractivity contribution >= 4 is 39.9 Å². The van der Waals surface area contributed by atoms with Crippen LogP contribution in [0.1, 0.15) is 43.9 Å². The lowest BCUT2D eigenvalue weighted by atomic mass is 9.99. The lowest BCUT2D eigenvalue weighted by Gasteiger charge is -2.21. The third-order valence-corrected chi connectivity index (χ3v) is 5.79. The summed E-state index contributed by atoms with van der Waals surface area (Å²) in [6.07, 6.45) is 1.56. The number of hydrogen-bond donors (Lipinski definition) is 2. The molecule has 162 valence electrons. The molecule has 0 aliphatic carbocycles. The highest BCUT2D eigenvalue weighted by molar-refractivity contribution is 6.17. The Morgan fingerprint density at radius 2 is 1.71 bits per heavy atom. The van der Waals surface area contributed by atoms with Crippen molar-refractivity contribution in [2.24, 2.45) is 11.7 Å². The summed E-state index contributed by atoms with van der Waals surface area (Å²) >= 11 is 5.83. The number of halogens is 1. The fraction of sp³-hybridized carbons (Fsp3) is 0.292. The van der Waals surface area contributed by atoms with E-state index in [1.807, 2.05) is 45.0 Å². The molecule has 2 atom stereocenters. The topological polar surface area (TPSA) is 94.2 Å². The largest absolute Gasteiger partial charge is 0.368 e. The normalized spacial score (nSPS) is 13.2. The average molecular weight is 440 g/mol. The molecule has 2 amide bonds. The van der Waals surface area contributed by atoms with Gasteiger partial charge in [0.05, 0.1) is 5.92 Å². The van der Waals surface area contributed by atoms with Gasteiger partial charge >= 0.3 is 0 Å². The van der Waals surface area contributed by atoms with Gasteiger partial charge in [-0.1, -0.05) is 44.2 Å². The number of primary amides is 1. The molecule has 1 heterocycles. The van der Waals surface area contributed by atoms with Gasteiger partial charge in [-0.15, -0.1) is 11.6 Å². The van der Waals surface area contributed by atoms with Gasteiger partial charge in [0, 0.05) is 28.5 Å². The molecular formula is C24H26ClN3O3. The number of benzene rings is 2. The lowest BCUT2D eigenvalue weighted by Crippen LogP contribution is -2.36. The maximum absolute atomic E-state index is 13.1. The second-order valence-corrected chi connectivity index (χ2v) is 8.24. The number of pyridine rings is 1. The highest BCUT2D eigenvalue weighted by atomic mass is 35.5. The van der Waals surface area contributed by atoms with Crippen molar-refractivity contribution in [2.45, 2.75) is 38.6 Å². The smallest absolute Gasteiger partial charge is 0.259 e. The molecule has 6 nitrogen and oxygen atoms in total. The van der Waals surface area contributed by atoms with Crippen LogP contribution in [0.4, 0.5) is 5.69 Å². The number of carbonyl (C=O) groups is 2. The molecule has 0 spiro atoms. The van der Waals surface area contributed by atoms with Crippen LogP contribution in [-0.4, -0.2) is 16.4 Å². The molecule has 3 rings (SSSR count). The average Bonchev–Trinajstić information content (AvgIpc) is 2.75. The van der Waals surface area contributed by atoms with Crippen molar-refractivity contribution in [2.75, 3.05) is 5.32 Å². The minimum atomic E-state index is -0.744. The van der Waals surface area contributed by atoms with Crippen LogP contribution >= 0.6 is 11.6 Å². The van der Waals surface area contributed by atoms with Crippen LogP contribution in [0.25, 0.3) is 10.8 Å². The number of amides is 2. The van der Waals surface area contributed by atoms with E-state index in [4.69, 9.17) is 17.3 Å². The first-order chi connectivity index (χ1) is 14.7. The Morgan fingerprint density at radius 1 is 1.03 bits per heavy atom. The number of hydrogen-bond acceptors (Lipinski definition) is 3. The Labute approximate surface area is 186 Å². The predicted molar refractivity (Wildman–Crippen MR) is 124 cm³/mol. The number of aromatic nitrogens is 1. The second-order valence-electron chi connectivity index (χ2n) is 7.97. The number of rotatable bonds is 7. The molecule has 0 fully saturated rings. The molecule has 0 saturated heterocycles. The molecule has 0 aliphatic rings. The fourth-order valence-corrected chi connectivity index (χ4v) is 3.87. The van der Waals surface area contributed by atoms with Gasteiger partial charge in [0.1, 0.15) is 6.04 Å². The van der Waals surface area contributed by atoms with Crippen molar-refractivity contribution in [3.8, 4) is 0 Å². The summed E-state index contributed by atoms with van der Waals surface area (Å²) in [6.45, 7) is 5.50. The third kappa shape index (κ3) is 4.64. The van der Waals surface area contributed by atoms with E-state index in [-0.39, 0.29) is 23.3 Å². The Hall–Kier alpha value is -3.12. The van der Waals surface area contributed by atoms with Gasteiger partial charge in [0.25, 0.3) is 5.56 Å². The van der Waals surface area contributed by atoms with Gasteiger partial charge in [-0.25, -0.2) is 0 Å².